The number of rotatable bonds is 9. The highest BCUT2D eigenvalue weighted by Gasteiger charge is 2.36. The first-order valence-electron chi connectivity index (χ1n) is 12.0. The van der Waals surface area contributed by atoms with E-state index in [1.54, 1.807) is 22.7 Å². The largest absolute Gasteiger partial charge is 0.490 e. The molecule has 9 heteroatoms. The number of carbonyl (C=O) groups excluding carboxylic acids is 1. The molecular weight excluding hydrogens is 538 g/mol. The number of nitrogens with zero attached hydrogens (tertiary/aromatic N) is 2. The van der Waals surface area contributed by atoms with Crippen molar-refractivity contribution in [3.63, 3.8) is 0 Å². The van der Waals surface area contributed by atoms with Crippen LogP contribution in [0.15, 0.2) is 93.7 Å². The number of ether oxygens (including phenoxy) is 2. The fourth-order valence-corrected chi connectivity index (χ4v) is 5.67. The highest BCUT2D eigenvalue weighted by atomic mass is 35.5. The van der Waals surface area contributed by atoms with Gasteiger partial charge in [0.2, 0.25) is 0 Å². The highest BCUT2D eigenvalue weighted by Crippen LogP contribution is 2.38. The zero-order chi connectivity index (χ0) is 26.5. The molecule has 2 heterocycles. The van der Waals surface area contributed by atoms with Gasteiger partial charge in [-0.1, -0.05) is 59.8 Å². The van der Waals surface area contributed by atoms with Crippen LogP contribution in [0.5, 0.6) is 11.5 Å². The number of nitrogens with one attached hydrogen (secondary N) is 1. The molecule has 192 valence electrons. The highest BCUT2D eigenvalue weighted by molar-refractivity contribution is 8.17. The lowest BCUT2D eigenvalue weighted by Crippen LogP contribution is -2.38. The van der Waals surface area contributed by atoms with Crippen LogP contribution in [0.3, 0.4) is 0 Å². The summed E-state index contributed by atoms with van der Waals surface area (Å²) in [7, 11) is 0. The summed E-state index contributed by atoms with van der Waals surface area (Å²) < 4.78 is 11.8. The Balaban J connectivity index is 1.32. The van der Waals surface area contributed by atoms with E-state index in [-0.39, 0.29) is 11.4 Å². The SMILES string of the molecule is CCOc1cc(/C=C2/C(=N)N3C(c4ccccc4)=CSC3=NC2=O)ccc1OCCSc1ccc(Cl)cc1. The standard InChI is InChI=1S/C29H24ClN3O3S2/c1-2-35-26-17-19(8-13-25(26)36-14-15-37-22-11-9-21(30)10-12-22)16-23-27(31)33-24(20-6-4-3-5-7-20)18-38-29(33)32-28(23)34/h3-13,16-18,31H,2,14-15H2,1H3/b23-16-,31-27?. The molecular formula is C29H24ClN3O3S2. The molecule has 0 unspecified atom stereocenters. The maximum absolute atomic E-state index is 12.9. The minimum atomic E-state index is -0.436. The Kier molecular flexibility index (Phi) is 8.22. The van der Waals surface area contributed by atoms with Crippen LogP contribution < -0.4 is 9.47 Å². The van der Waals surface area contributed by atoms with E-state index in [1.807, 2.05) is 85.1 Å². The first kappa shape index (κ1) is 26.2. The zero-order valence-electron chi connectivity index (χ0n) is 20.5. The van der Waals surface area contributed by atoms with Crippen molar-refractivity contribution in [1.82, 2.24) is 4.90 Å². The van der Waals surface area contributed by atoms with Crippen molar-refractivity contribution in [2.45, 2.75) is 11.8 Å². The van der Waals surface area contributed by atoms with E-state index in [1.165, 1.54) is 11.8 Å². The number of hydrogen-bond acceptors (Lipinski definition) is 6. The number of carbonyl (C=O) groups is 1. The topological polar surface area (TPSA) is 75.0 Å². The number of hydrogen-bond donors (Lipinski definition) is 1. The molecule has 0 radical (unpaired) electrons. The summed E-state index contributed by atoms with van der Waals surface area (Å²) in [6, 6.07) is 23.0. The van der Waals surface area contributed by atoms with Crippen molar-refractivity contribution >= 4 is 63.8 Å². The van der Waals surface area contributed by atoms with Crippen molar-refractivity contribution in [2.75, 3.05) is 19.0 Å². The van der Waals surface area contributed by atoms with Crippen LogP contribution in [0.4, 0.5) is 0 Å². The number of amidine groups is 2. The van der Waals surface area contributed by atoms with Gasteiger partial charge in [-0.2, -0.15) is 4.99 Å². The Hall–Kier alpha value is -3.46. The summed E-state index contributed by atoms with van der Waals surface area (Å²) in [5.74, 6) is 1.63. The fourth-order valence-electron chi connectivity index (χ4n) is 3.93. The molecule has 38 heavy (non-hydrogen) atoms. The summed E-state index contributed by atoms with van der Waals surface area (Å²) in [5.41, 5.74) is 2.72. The van der Waals surface area contributed by atoms with Crippen LogP contribution in [-0.4, -0.2) is 40.8 Å². The van der Waals surface area contributed by atoms with E-state index in [4.69, 9.17) is 26.5 Å². The molecule has 1 amide bonds. The van der Waals surface area contributed by atoms with Gasteiger partial charge in [0.15, 0.2) is 16.7 Å². The van der Waals surface area contributed by atoms with Crippen molar-refractivity contribution < 1.29 is 14.3 Å². The molecule has 1 N–H and O–H groups in total. The second-order valence-electron chi connectivity index (χ2n) is 8.22. The maximum atomic E-state index is 12.9. The van der Waals surface area contributed by atoms with Crippen LogP contribution in [0.25, 0.3) is 11.8 Å². The third-order valence-corrected chi connectivity index (χ3v) is 7.74. The van der Waals surface area contributed by atoms with E-state index < -0.39 is 5.91 Å². The molecule has 0 bridgehead atoms. The second-order valence-corrected chi connectivity index (χ2v) is 10.7. The van der Waals surface area contributed by atoms with Crippen LogP contribution in [0.1, 0.15) is 18.1 Å². The molecule has 3 aromatic rings. The lowest BCUT2D eigenvalue weighted by atomic mass is 10.1. The Morgan fingerprint density at radius 1 is 1.05 bits per heavy atom. The van der Waals surface area contributed by atoms with Crippen molar-refractivity contribution in [3.05, 3.63) is 99.9 Å². The molecule has 5 rings (SSSR count). The van der Waals surface area contributed by atoms with Crippen molar-refractivity contribution in [2.24, 2.45) is 4.99 Å². The summed E-state index contributed by atoms with van der Waals surface area (Å²) in [6.45, 7) is 2.87. The summed E-state index contributed by atoms with van der Waals surface area (Å²) in [4.78, 5) is 19.9. The Bertz CT molecular complexity index is 1450. The van der Waals surface area contributed by atoms with Gasteiger partial charge < -0.3 is 9.47 Å². The molecule has 0 saturated carbocycles. The quantitative estimate of drug-likeness (QED) is 0.169. The monoisotopic (exact) mass is 561 g/mol. The predicted molar refractivity (Wildman–Crippen MR) is 157 cm³/mol. The first-order chi connectivity index (χ1) is 18.5. The lowest BCUT2D eigenvalue weighted by Gasteiger charge is -2.27. The van der Waals surface area contributed by atoms with Gasteiger partial charge >= 0.3 is 0 Å². The Morgan fingerprint density at radius 3 is 2.61 bits per heavy atom. The van der Waals surface area contributed by atoms with Crippen molar-refractivity contribution in [1.29, 1.82) is 5.41 Å². The van der Waals surface area contributed by atoms with Crippen LogP contribution in [0, 0.1) is 5.41 Å². The smallest absolute Gasteiger partial charge is 0.283 e. The minimum absolute atomic E-state index is 0.0950. The molecule has 2 aliphatic rings. The van der Waals surface area contributed by atoms with E-state index in [9.17, 15) is 4.79 Å². The van der Waals surface area contributed by atoms with Crippen molar-refractivity contribution in [3.8, 4) is 11.5 Å². The molecule has 2 aliphatic heterocycles. The fraction of sp³-hybridized carbons (Fsp3) is 0.138. The van der Waals surface area contributed by atoms with Gasteiger partial charge in [0.05, 0.1) is 24.5 Å². The average Bonchev–Trinajstić information content (AvgIpc) is 3.35. The normalized spacial score (nSPS) is 15.8. The Morgan fingerprint density at radius 2 is 1.84 bits per heavy atom. The van der Waals surface area contributed by atoms with Gasteiger partial charge in [-0.05, 0) is 60.5 Å². The second kappa shape index (κ2) is 11.9. The van der Waals surface area contributed by atoms with Gasteiger partial charge in [0.1, 0.15) is 5.84 Å². The number of benzene rings is 3. The molecule has 0 saturated heterocycles. The van der Waals surface area contributed by atoms with Gasteiger partial charge in [-0.25, -0.2) is 0 Å². The summed E-state index contributed by atoms with van der Waals surface area (Å²) in [6.07, 6.45) is 1.68. The number of fused-ring (bicyclic) bond motifs is 1. The number of aliphatic imine (C=N–C) groups is 1. The molecule has 0 aromatic heterocycles. The third-order valence-electron chi connectivity index (χ3n) is 5.69. The first-order valence-corrected chi connectivity index (χ1v) is 14.2. The zero-order valence-corrected chi connectivity index (χ0v) is 22.9. The lowest BCUT2D eigenvalue weighted by molar-refractivity contribution is -0.114. The van der Waals surface area contributed by atoms with Gasteiger partial charge in [0.25, 0.3) is 5.91 Å². The van der Waals surface area contributed by atoms with Crippen LogP contribution in [0.2, 0.25) is 5.02 Å². The summed E-state index contributed by atoms with van der Waals surface area (Å²) >= 11 is 8.98. The number of thioether (sulfide) groups is 2. The van der Waals surface area contributed by atoms with E-state index in [2.05, 4.69) is 4.99 Å². The molecule has 0 aliphatic carbocycles. The van der Waals surface area contributed by atoms with E-state index >= 15 is 0 Å². The van der Waals surface area contributed by atoms with Crippen LogP contribution in [-0.2, 0) is 4.79 Å². The Labute approximate surface area is 234 Å². The van der Waals surface area contributed by atoms with Gasteiger partial charge in [-0.3, -0.25) is 15.1 Å². The molecule has 0 atom stereocenters. The van der Waals surface area contributed by atoms with E-state index in [0.29, 0.717) is 34.9 Å². The summed E-state index contributed by atoms with van der Waals surface area (Å²) in [5, 5.41) is 12.0. The van der Waals surface area contributed by atoms with Crippen LogP contribution >= 0.6 is 35.1 Å². The third kappa shape index (κ3) is 5.83. The molecule has 0 fully saturated rings. The average molecular weight is 562 g/mol. The van der Waals surface area contributed by atoms with Gasteiger partial charge in [0, 0.05) is 21.1 Å². The molecule has 6 nitrogen and oxygen atoms in total. The molecule has 0 spiro atoms. The minimum Gasteiger partial charge on any atom is -0.490 e. The predicted octanol–water partition coefficient (Wildman–Crippen LogP) is 7.21. The van der Waals surface area contributed by atoms with Gasteiger partial charge in [-0.15, -0.1) is 11.8 Å². The number of amides is 1. The molecule has 3 aromatic carbocycles. The van der Waals surface area contributed by atoms with E-state index in [0.717, 1.165) is 27.5 Å². The maximum Gasteiger partial charge on any atom is 0.283 e. The number of halogens is 1.